The number of aromatic nitrogens is 2. The normalized spacial score (nSPS) is 8.82. The second-order valence-corrected chi connectivity index (χ2v) is 26.8. The molecule has 0 fully saturated rings. The average molecular weight is 503 g/mol. The van der Waals surface area contributed by atoms with Gasteiger partial charge in [0.1, 0.15) is 0 Å². The average Bonchev–Trinajstić information content (AvgIpc) is 2.40. The van der Waals surface area contributed by atoms with Crippen molar-refractivity contribution < 1.29 is 10.1 Å². The van der Waals surface area contributed by atoms with Crippen molar-refractivity contribution in [3.63, 3.8) is 0 Å². The molecule has 0 atom stereocenters. The first-order valence-corrected chi connectivity index (χ1v) is 23.4. The number of rotatable bonds is 3. The molecule has 0 aliphatic carbocycles. The molecule has 0 amide bonds. The number of hydrogen-bond donors (Lipinski definition) is 0. The van der Waals surface area contributed by atoms with E-state index in [9.17, 15) is 0 Å². The molecule has 0 spiro atoms. The summed E-state index contributed by atoms with van der Waals surface area (Å²) in [6.45, 7) is 0. The summed E-state index contributed by atoms with van der Waals surface area (Å²) in [5.74, 6) is 0. The van der Waals surface area contributed by atoms with Crippen molar-refractivity contribution in [2.45, 2.75) is 12.8 Å². The van der Waals surface area contributed by atoms with Crippen LogP contribution in [0.2, 0.25) is 0 Å². The summed E-state index contributed by atoms with van der Waals surface area (Å²) in [4.78, 5) is 8.53. The summed E-state index contributed by atoms with van der Waals surface area (Å²) < 4.78 is 0. The van der Waals surface area contributed by atoms with Gasteiger partial charge in [0.2, 0.25) is 0 Å². The Morgan fingerprint density at radius 1 is 0.824 bits per heavy atom. The van der Waals surface area contributed by atoms with E-state index < -0.39 is 0 Å². The molecule has 0 aliphatic rings. The predicted molar refractivity (Wildman–Crippen MR) is 83.9 cm³/mol. The number of halogens is 2. The summed E-state index contributed by atoms with van der Waals surface area (Å²) >= 11 is 4.93. The maximum absolute atomic E-state index is 4.27. The Kier molecular flexibility index (Phi) is 9.37. The Morgan fingerprint density at radius 3 is 1.53 bits per heavy atom. The molecule has 0 N–H and O–H groups in total. The minimum atomic E-state index is 0.0650. The zero-order valence-corrected chi connectivity index (χ0v) is 16.7. The zero-order valence-electron chi connectivity index (χ0n) is 9.39. The Hall–Kier alpha value is 0.383. The first-order chi connectivity index (χ1) is 8.36. The van der Waals surface area contributed by atoms with Gasteiger partial charge in [-0.2, -0.15) is 0 Å². The van der Waals surface area contributed by atoms with Gasteiger partial charge in [-0.1, -0.05) is 12.1 Å². The molecule has 5 heteroatoms. The Bertz CT molecular complexity index is 358. The van der Waals surface area contributed by atoms with Crippen molar-refractivity contribution >= 4 is 39.5 Å². The SMILES string of the molecule is [I][Zn][I].c1ccc(CCc2ccccn2)nc1. The van der Waals surface area contributed by atoms with Crippen LogP contribution < -0.4 is 0 Å². The molecule has 0 aromatic carbocycles. The van der Waals surface area contributed by atoms with Gasteiger partial charge in [-0.3, -0.25) is 9.97 Å². The van der Waals surface area contributed by atoms with Crippen LogP contribution in [0, 0.1) is 0 Å². The molecule has 0 aliphatic heterocycles. The van der Waals surface area contributed by atoms with Gasteiger partial charge in [-0.05, 0) is 37.1 Å². The Morgan fingerprint density at radius 2 is 1.24 bits per heavy atom. The molecule has 86 valence electrons. The minimum Gasteiger partial charge on any atom is -0.261 e. The first-order valence-electron chi connectivity index (χ1n) is 5.28. The van der Waals surface area contributed by atoms with Gasteiger partial charge in [0.05, 0.1) is 0 Å². The van der Waals surface area contributed by atoms with Crippen molar-refractivity contribution in [1.82, 2.24) is 9.97 Å². The monoisotopic (exact) mass is 502 g/mol. The molecule has 2 rings (SSSR count). The fourth-order valence-corrected chi connectivity index (χ4v) is 1.35. The van der Waals surface area contributed by atoms with E-state index in [0.29, 0.717) is 0 Å². The third-order valence-electron chi connectivity index (χ3n) is 2.09. The van der Waals surface area contributed by atoms with E-state index >= 15 is 0 Å². The van der Waals surface area contributed by atoms with Gasteiger partial charge in [-0.25, -0.2) is 0 Å². The fourth-order valence-electron chi connectivity index (χ4n) is 1.35. The van der Waals surface area contributed by atoms with Crippen molar-refractivity contribution in [1.29, 1.82) is 0 Å². The summed E-state index contributed by atoms with van der Waals surface area (Å²) in [5, 5.41) is 0. The van der Waals surface area contributed by atoms with Crippen LogP contribution in [0.1, 0.15) is 11.4 Å². The third kappa shape index (κ3) is 7.41. The summed E-state index contributed by atoms with van der Waals surface area (Å²) in [7, 11) is 0.0650. The van der Waals surface area contributed by atoms with Gasteiger partial charge in [0, 0.05) is 23.8 Å². The topological polar surface area (TPSA) is 25.8 Å². The summed E-state index contributed by atoms with van der Waals surface area (Å²) in [6.07, 6.45) is 5.57. The van der Waals surface area contributed by atoms with Crippen LogP contribution in [0.5, 0.6) is 0 Å². The van der Waals surface area contributed by atoms with Crippen LogP contribution in [0.25, 0.3) is 0 Å². The predicted octanol–water partition coefficient (Wildman–Crippen LogP) is 4.03. The molecule has 0 saturated heterocycles. The van der Waals surface area contributed by atoms with Crippen LogP contribution in [0.3, 0.4) is 0 Å². The molecule has 2 nitrogen and oxygen atoms in total. The van der Waals surface area contributed by atoms with Gasteiger partial charge in [-0.15, -0.1) is 0 Å². The maximum atomic E-state index is 4.27. The molecule has 0 unspecified atom stereocenters. The molecule has 0 radical (unpaired) electrons. The molecule has 2 aromatic heterocycles. The smallest absolute Gasteiger partial charge is 0.0407 e. The van der Waals surface area contributed by atoms with Crippen LogP contribution >= 0.6 is 39.5 Å². The van der Waals surface area contributed by atoms with E-state index in [0.717, 1.165) is 24.2 Å². The van der Waals surface area contributed by atoms with Gasteiger partial charge < -0.3 is 0 Å². The number of hydrogen-bond acceptors (Lipinski definition) is 2. The van der Waals surface area contributed by atoms with E-state index in [1.54, 1.807) is 0 Å². The quantitative estimate of drug-likeness (QED) is 0.467. The van der Waals surface area contributed by atoms with Crippen molar-refractivity contribution in [2.75, 3.05) is 0 Å². The molecule has 2 aromatic rings. The molecule has 0 saturated carbocycles. The van der Waals surface area contributed by atoms with Crippen molar-refractivity contribution in [3.8, 4) is 0 Å². The Balaban J connectivity index is 0.000000437. The number of aryl methyl sites for hydroxylation is 2. The van der Waals surface area contributed by atoms with E-state index in [4.69, 9.17) is 0 Å². The number of pyridine rings is 2. The maximum Gasteiger partial charge on any atom is 0.0407 e. The van der Waals surface area contributed by atoms with E-state index in [1.807, 2.05) is 48.8 Å². The van der Waals surface area contributed by atoms with Crippen LogP contribution in [0.15, 0.2) is 48.8 Å². The summed E-state index contributed by atoms with van der Waals surface area (Å²) in [6, 6.07) is 12.0. The van der Waals surface area contributed by atoms with Gasteiger partial charge >= 0.3 is 49.6 Å². The van der Waals surface area contributed by atoms with Gasteiger partial charge in [0.25, 0.3) is 0 Å². The molecular formula is C12H12I2N2Zn. The molecule has 2 heterocycles. The van der Waals surface area contributed by atoms with Crippen molar-refractivity contribution in [2.24, 2.45) is 0 Å². The molecule has 17 heavy (non-hydrogen) atoms. The fraction of sp³-hybridized carbons (Fsp3) is 0.167. The van der Waals surface area contributed by atoms with Crippen LogP contribution in [-0.4, -0.2) is 9.97 Å². The van der Waals surface area contributed by atoms with E-state index in [1.165, 1.54) is 0 Å². The first kappa shape index (κ1) is 15.4. The molecule has 0 bridgehead atoms. The largest absolute Gasteiger partial charge is 0.261 e. The van der Waals surface area contributed by atoms with Crippen LogP contribution in [-0.2, 0) is 22.9 Å². The van der Waals surface area contributed by atoms with E-state index in [2.05, 4.69) is 49.5 Å². The minimum absolute atomic E-state index is 0.0650. The van der Waals surface area contributed by atoms with E-state index in [-0.39, 0.29) is 10.1 Å². The Labute approximate surface area is 131 Å². The summed E-state index contributed by atoms with van der Waals surface area (Å²) in [5.41, 5.74) is 2.25. The second-order valence-electron chi connectivity index (χ2n) is 3.24. The zero-order chi connectivity index (χ0) is 12.3. The van der Waals surface area contributed by atoms with Gasteiger partial charge in [0.15, 0.2) is 0 Å². The van der Waals surface area contributed by atoms with Crippen molar-refractivity contribution in [3.05, 3.63) is 60.2 Å². The third-order valence-corrected chi connectivity index (χ3v) is 2.09. The number of nitrogens with zero attached hydrogens (tertiary/aromatic N) is 2. The van der Waals surface area contributed by atoms with Crippen LogP contribution in [0.4, 0.5) is 0 Å². The molecular weight excluding hydrogens is 491 g/mol. The standard InChI is InChI=1S/C12H12N2.2HI.Zn/c1-3-9-13-11(5-1)7-8-12-6-2-4-10-14-12;;;/h1-6,9-10H,7-8H2;2*1H;/q;;;+2/p-2. The second kappa shape index (κ2) is 10.3.